The second kappa shape index (κ2) is 7.98. The van der Waals surface area contributed by atoms with Crippen molar-refractivity contribution in [2.24, 2.45) is 0 Å². The molecule has 0 saturated heterocycles. The molecule has 0 saturated carbocycles. The number of benzene rings is 2. The normalized spacial score (nSPS) is 10.9. The van der Waals surface area contributed by atoms with Crippen LogP contribution in [0.25, 0.3) is 0 Å². The van der Waals surface area contributed by atoms with Crippen molar-refractivity contribution in [2.45, 2.75) is 6.36 Å². The number of amides is 1. The number of rotatable bonds is 6. The molecule has 0 bridgehead atoms. The summed E-state index contributed by atoms with van der Waals surface area (Å²) in [5.74, 6) is -0.379. The standard InChI is InChI=1S/C16H14ClF3N2O3/c1-24-14-6-5-10(17)7-13(14)22-15(23)9-21-11-3-2-4-12(8-11)25-16(18,19)20/h2-8,21H,9H2,1H3,(H,22,23). The molecule has 2 aromatic carbocycles. The number of carbonyl (C=O) groups is 1. The Hall–Kier alpha value is -2.61. The molecule has 0 heterocycles. The van der Waals surface area contributed by atoms with Gasteiger partial charge < -0.3 is 20.1 Å². The van der Waals surface area contributed by atoms with E-state index in [0.29, 0.717) is 22.1 Å². The number of ether oxygens (including phenoxy) is 2. The summed E-state index contributed by atoms with van der Waals surface area (Å²) in [6.07, 6.45) is -4.78. The van der Waals surface area contributed by atoms with E-state index in [1.54, 1.807) is 12.1 Å². The van der Waals surface area contributed by atoms with Crippen molar-refractivity contribution < 1.29 is 27.4 Å². The molecule has 0 radical (unpaired) electrons. The van der Waals surface area contributed by atoms with Crippen molar-refractivity contribution in [3.63, 3.8) is 0 Å². The van der Waals surface area contributed by atoms with Crippen molar-refractivity contribution in [2.75, 3.05) is 24.3 Å². The molecule has 0 aliphatic rings. The van der Waals surface area contributed by atoms with Gasteiger partial charge >= 0.3 is 6.36 Å². The van der Waals surface area contributed by atoms with Gasteiger partial charge in [-0.25, -0.2) is 0 Å². The number of alkyl halides is 3. The summed E-state index contributed by atoms with van der Waals surface area (Å²) in [5, 5.41) is 5.73. The molecule has 2 rings (SSSR count). The second-order valence-electron chi connectivity index (χ2n) is 4.82. The Kier molecular flexibility index (Phi) is 5.97. The fraction of sp³-hybridized carbons (Fsp3) is 0.188. The SMILES string of the molecule is COc1ccc(Cl)cc1NC(=O)CNc1cccc(OC(F)(F)F)c1. The third kappa shape index (κ3) is 6.07. The monoisotopic (exact) mass is 374 g/mol. The van der Waals surface area contributed by atoms with Gasteiger partial charge in [-0.3, -0.25) is 4.79 Å². The highest BCUT2D eigenvalue weighted by Gasteiger charge is 2.31. The van der Waals surface area contributed by atoms with Crippen LogP contribution < -0.4 is 20.1 Å². The molecule has 9 heteroatoms. The molecule has 0 atom stereocenters. The van der Waals surface area contributed by atoms with E-state index in [0.717, 1.165) is 12.1 Å². The highest BCUT2D eigenvalue weighted by molar-refractivity contribution is 6.31. The minimum Gasteiger partial charge on any atom is -0.495 e. The summed E-state index contributed by atoms with van der Waals surface area (Å²) in [7, 11) is 1.45. The predicted octanol–water partition coefficient (Wildman–Crippen LogP) is 4.30. The highest BCUT2D eigenvalue weighted by Crippen LogP contribution is 2.28. The lowest BCUT2D eigenvalue weighted by molar-refractivity contribution is -0.274. The molecule has 0 unspecified atom stereocenters. The van der Waals surface area contributed by atoms with Crippen LogP contribution >= 0.6 is 11.6 Å². The van der Waals surface area contributed by atoms with E-state index in [4.69, 9.17) is 16.3 Å². The molecule has 5 nitrogen and oxygen atoms in total. The third-order valence-corrected chi connectivity index (χ3v) is 3.19. The van der Waals surface area contributed by atoms with Gasteiger partial charge in [0, 0.05) is 16.8 Å². The maximum atomic E-state index is 12.2. The number of anilines is 2. The molecular weight excluding hydrogens is 361 g/mol. The molecular formula is C16H14ClF3N2O3. The van der Waals surface area contributed by atoms with Crippen LogP contribution in [0.5, 0.6) is 11.5 Å². The Morgan fingerprint density at radius 3 is 2.64 bits per heavy atom. The van der Waals surface area contributed by atoms with Gasteiger partial charge in [0.15, 0.2) is 0 Å². The number of hydrogen-bond donors (Lipinski definition) is 2. The predicted molar refractivity (Wildman–Crippen MR) is 88.2 cm³/mol. The van der Waals surface area contributed by atoms with Gasteiger partial charge in [0.25, 0.3) is 0 Å². The van der Waals surface area contributed by atoms with Gasteiger partial charge in [-0.15, -0.1) is 13.2 Å². The van der Waals surface area contributed by atoms with E-state index in [2.05, 4.69) is 15.4 Å². The van der Waals surface area contributed by atoms with Crippen LogP contribution in [0, 0.1) is 0 Å². The second-order valence-corrected chi connectivity index (χ2v) is 5.26. The first kappa shape index (κ1) is 18.7. The first-order chi connectivity index (χ1) is 11.8. The Morgan fingerprint density at radius 1 is 1.20 bits per heavy atom. The Labute approximate surface area is 146 Å². The lowest BCUT2D eigenvalue weighted by Crippen LogP contribution is -2.22. The van der Waals surface area contributed by atoms with Crippen LogP contribution in [0.1, 0.15) is 0 Å². The van der Waals surface area contributed by atoms with Crippen molar-refractivity contribution in [1.29, 1.82) is 0 Å². The Morgan fingerprint density at radius 2 is 1.96 bits per heavy atom. The Bertz CT molecular complexity index is 754. The number of hydrogen-bond acceptors (Lipinski definition) is 4. The molecule has 2 N–H and O–H groups in total. The lowest BCUT2D eigenvalue weighted by atomic mass is 10.3. The first-order valence-electron chi connectivity index (χ1n) is 7.00. The van der Waals surface area contributed by atoms with Crippen molar-refractivity contribution in [3.05, 3.63) is 47.5 Å². The van der Waals surface area contributed by atoms with Gasteiger partial charge in [0.2, 0.25) is 5.91 Å². The van der Waals surface area contributed by atoms with E-state index < -0.39 is 12.3 Å². The van der Waals surface area contributed by atoms with Gasteiger partial charge in [-0.05, 0) is 30.3 Å². The average molecular weight is 375 g/mol. The van der Waals surface area contributed by atoms with Crippen LogP contribution in [0.3, 0.4) is 0 Å². The molecule has 1 amide bonds. The van der Waals surface area contributed by atoms with Crippen LogP contribution in [-0.2, 0) is 4.79 Å². The minimum atomic E-state index is -4.78. The molecule has 25 heavy (non-hydrogen) atoms. The third-order valence-electron chi connectivity index (χ3n) is 2.96. The summed E-state index contributed by atoms with van der Waals surface area (Å²) in [5.41, 5.74) is 0.686. The quantitative estimate of drug-likeness (QED) is 0.791. The summed E-state index contributed by atoms with van der Waals surface area (Å²) in [6.45, 7) is -0.175. The largest absolute Gasteiger partial charge is 0.573 e. The van der Waals surface area contributed by atoms with E-state index >= 15 is 0 Å². The number of carbonyl (C=O) groups excluding carboxylic acids is 1. The molecule has 134 valence electrons. The van der Waals surface area contributed by atoms with Gasteiger partial charge in [-0.1, -0.05) is 17.7 Å². The van der Waals surface area contributed by atoms with Crippen LogP contribution in [-0.4, -0.2) is 25.9 Å². The zero-order chi connectivity index (χ0) is 18.4. The molecule has 0 aliphatic carbocycles. The zero-order valence-corrected chi connectivity index (χ0v) is 13.7. The highest BCUT2D eigenvalue weighted by atomic mass is 35.5. The summed E-state index contributed by atoms with van der Waals surface area (Å²) in [4.78, 5) is 12.0. The molecule has 0 aromatic heterocycles. The molecule has 0 spiro atoms. The average Bonchev–Trinajstić information content (AvgIpc) is 2.52. The lowest BCUT2D eigenvalue weighted by Gasteiger charge is -2.13. The van der Waals surface area contributed by atoms with Crippen LogP contribution in [0.15, 0.2) is 42.5 Å². The van der Waals surface area contributed by atoms with Crippen molar-refractivity contribution in [1.82, 2.24) is 0 Å². The smallest absolute Gasteiger partial charge is 0.495 e. The zero-order valence-electron chi connectivity index (χ0n) is 13.0. The fourth-order valence-electron chi connectivity index (χ4n) is 1.96. The maximum Gasteiger partial charge on any atom is 0.573 e. The van der Waals surface area contributed by atoms with Crippen LogP contribution in [0.4, 0.5) is 24.5 Å². The summed E-state index contributed by atoms with van der Waals surface area (Å²) < 4.78 is 45.5. The van der Waals surface area contributed by atoms with Crippen molar-refractivity contribution >= 4 is 28.9 Å². The molecule has 0 fully saturated rings. The molecule has 0 aliphatic heterocycles. The first-order valence-corrected chi connectivity index (χ1v) is 7.38. The topological polar surface area (TPSA) is 59.6 Å². The van der Waals surface area contributed by atoms with E-state index in [-0.39, 0.29) is 12.3 Å². The van der Waals surface area contributed by atoms with E-state index in [9.17, 15) is 18.0 Å². The molecule has 2 aromatic rings. The fourth-order valence-corrected chi connectivity index (χ4v) is 2.13. The summed E-state index contributed by atoms with van der Waals surface area (Å²) in [6, 6.07) is 9.92. The van der Waals surface area contributed by atoms with Gasteiger partial charge in [0.1, 0.15) is 11.5 Å². The Balaban J connectivity index is 1.96. The van der Waals surface area contributed by atoms with Crippen molar-refractivity contribution in [3.8, 4) is 11.5 Å². The number of halogens is 4. The number of nitrogens with one attached hydrogen (secondary N) is 2. The van der Waals surface area contributed by atoms with Crippen LogP contribution in [0.2, 0.25) is 5.02 Å². The van der Waals surface area contributed by atoms with Gasteiger partial charge in [0.05, 0.1) is 19.3 Å². The number of methoxy groups -OCH3 is 1. The van der Waals surface area contributed by atoms with Gasteiger partial charge in [-0.2, -0.15) is 0 Å². The summed E-state index contributed by atoms with van der Waals surface area (Å²) >= 11 is 5.87. The van der Waals surface area contributed by atoms with E-state index in [1.807, 2.05) is 0 Å². The van der Waals surface area contributed by atoms with E-state index in [1.165, 1.54) is 25.3 Å². The maximum absolute atomic E-state index is 12.2. The minimum absolute atomic E-state index is 0.175.